The van der Waals surface area contributed by atoms with Gasteiger partial charge in [-0.1, -0.05) is 12.1 Å². The molecular formula is C16H22Cl2N4O. The van der Waals surface area contributed by atoms with Crippen molar-refractivity contribution in [1.29, 1.82) is 0 Å². The Hall–Kier alpha value is -1.56. The standard InChI is InChI=1S/C16H20N4O.2ClH/c21-16(6-5-13-7-8-17-11-13)19-14-3-1-2-4-15(14)20-10-9-18-12-20;;/h1-4,9-10,12-13,17H,5-8,11H2,(H,19,21);2*1H. The fourth-order valence-corrected chi connectivity index (χ4v) is 2.71. The van der Waals surface area contributed by atoms with Crippen molar-refractivity contribution in [3.05, 3.63) is 43.0 Å². The lowest BCUT2D eigenvalue weighted by molar-refractivity contribution is -0.116. The number of rotatable bonds is 5. The summed E-state index contributed by atoms with van der Waals surface area (Å²) in [7, 11) is 0. The predicted molar refractivity (Wildman–Crippen MR) is 96.9 cm³/mol. The zero-order valence-electron chi connectivity index (χ0n) is 12.8. The number of carbonyl (C=O) groups excluding carboxylic acids is 1. The maximum atomic E-state index is 12.1. The number of anilines is 1. The van der Waals surface area contributed by atoms with Crippen molar-refractivity contribution in [3.63, 3.8) is 0 Å². The fourth-order valence-electron chi connectivity index (χ4n) is 2.71. The summed E-state index contributed by atoms with van der Waals surface area (Å²) in [5, 5.41) is 6.35. The third kappa shape index (κ3) is 5.23. The Bertz CT molecular complexity index is 598. The molecule has 1 aliphatic rings. The number of hydrogen-bond acceptors (Lipinski definition) is 3. The Morgan fingerprint density at radius 1 is 1.35 bits per heavy atom. The Balaban J connectivity index is 0.00000132. The lowest BCUT2D eigenvalue weighted by Crippen LogP contribution is -2.16. The summed E-state index contributed by atoms with van der Waals surface area (Å²) < 4.78 is 1.90. The Kier molecular flexibility index (Phi) is 8.09. The smallest absolute Gasteiger partial charge is 0.224 e. The molecule has 23 heavy (non-hydrogen) atoms. The van der Waals surface area contributed by atoms with Crippen LogP contribution in [-0.4, -0.2) is 28.5 Å². The molecular weight excluding hydrogens is 335 g/mol. The van der Waals surface area contributed by atoms with E-state index in [4.69, 9.17) is 0 Å². The fraction of sp³-hybridized carbons (Fsp3) is 0.375. The highest BCUT2D eigenvalue weighted by atomic mass is 35.5. The number of aromatic nitrogens is 2. The molecule has 2 N–H and O–H groups in total. The van der Waals surface area contributed by atoms with Crippen molar-refractivity contribution < 1.29 is 4.79 Å². The first kappa shape index (κ1) is 19.5. The lowest BCUT2D eigenvalue weighted by Gasteiger charge is -2.12. The van der Waals surface area contributed by atoms with Crippen LogP contribution in [0.25, 0.3) is 5.69 Å². The van der Waals surface area contributed by atoms with E-state index in [0.717, 1.165) is 30.9 Å². The number of nitrogens with one attached hydrogen (secondary N) is 2. The van der Waals surface area contributed by atoms with Gasteiger partial charge in [-0.25, -0.2) is 4.98 Å². The molecule has 1 amide bonds. The Morgan fingerprint density at radius 3 is 2.87 bits per heavy atom. The minimum absolute atomic E-state index is 0. The minimum Gasteiger partial charge on any atom is -0.324 e. The van der Waals surface area contributed by atoms with Gasteiger partial charge in [0, 0.05) is 18.8 Å². The van der Waals surface area contributed by atoms with Gasteiger partial charge in [0.05, 0.1) is 17.7 Å². The molecule has 1 aliphatic heterocycles. The van der Waals surface area contributed by atoms with Crippen molar-refractivity contribution in [2.75, 3.05) is 18.4 Å². The van der Waals surface area contributed by atoms with Gasteiger partial charge in [-0.3, -0.25) is 4.79 Å². The molecule has 1 unspecified atom stereocenters. The number of nitrogens with zero attached hydrogens (tertiary/aromatic N) is 2. The number of imidazole rings is 1. The second-order valence-corrected chi connectivity index (χ2v) is 5.43. The van der Waals surface area contributed by atoms with Gasteiger partial charge in [0.15, 0.2) is 0 Å². The average Bonchev–Trinajstić information content (AvgIpc) is 3.19. The van der Waals surface area contributed by atoms with Crippen LogP contribution in [0, 0.1) is 5.92 Å². The molecule has 126 valence electrons. The van der Waals surface area contributed by atoms with Gasteiger partial charge in [0.2, 0.25) is 5.91 Å². The van der Waals surface area contributed by atoms with Crippen LogP contribution in [0.1, 0.15) is 19.3 Å². The molecule has 0 saturated carbocycles. The van der Waals surface area contributed by atoms with Crippen LogP contribution in [0.4, 0.5) is 5.69 Å². The third-order valence-corrected chi connectivity index (χ3v) is 3.90. The molecule has 7 heteroatoms. The topological polar surface area (TPSA) is 59.0 Å². The van der Waals surface area contributed by atoms with Gasteiger partial charge in [-0.15, -0.1) is 24.8 Å². The van der Waals surface area contributed by atoms with E-state index in [0.29, 0.717) is 12.3 Å². The SMILES string of the molecule is Cl.Cl.O=C(CCC1CCNC1)Nc1ccccc1-n1ccnc1. The van der Waals surface area contributed by atoms with Gasteiger partial charge >= 0.3 is 0 Å². The molecule has 1 fully saturated rings. The first-order valence-electron chi connectivity index (χ1n) is 7.41. The molecule has 1 aromatic heterocycles. The molecule has 2 aromatic rings. The summed E-state index contributed by atoms with van der Waals surface area (Å²) in [6, 6.07) is 7.77. The van der Waals surface area contributed by atoms with Crippen molar-refractivity contribution in [1.82, 2.24) is 14.9 Å². The second kappa shape index (κ2) is 9.55. The van der Waals surface area contributed by atoms with Crippen LogP contribution in [0.2, 0.25) is 0 Å². The third-order valence-electron chi connectivity index (χ3n) is 3.90. The highest BCUT2D eigenvalue weighted by Crippen LogP contribution is 2.21. The van der Waals surface area contributed by atoms with E-state index in [9.17, 15) is 4.79 Å². The first-order chi connectivity index (χ1) is 10.3. The van der Waals surface area contributed by atoms with Crippen molar-refractivity contribution in [2.24, 2.45) is 5.92 Å². The molecule has 2 heterocycles. The summed E-state index contributed by atoms with van der Waals surface area (Å²) in [4.78, 5) is 16.2. The van der Waals surface area contributed by atoms with Crippen LogP contribution in [0.15, 0.2) is 43.0 Å². The van der Waals surface area contributed by atoms with Crippen LogP contribution in [0.3, 0.4) is 0 Å². The number of benzene rings is 1. The summed E-state index contributed by atoms with van der Waals surface area (Å²) in [5.74, 6) is 0.717. The van der Waals surface area contributed by atoms with Gasteiger partial charge in [-0.2, -0.15) is 0 Å². The van der Waals surface area contributed by atoms with Crippen molar-refractivity contribution in [3.8, 4) is 5.69 Å². The summed E-state index contributed by atoms with van der Waals surface area (Å²) in [6.45, 7) is 2.12. The Morgan fingerprint density at radius 2 is 2.17 bits per heavy atom. The van der Waals surface area contributed by atoms with Crippen molar-refractivity contribution >= 4 is 36.4 Å². The highest BCUT2D eigenvalue weighted by Gasteiger charge is 2.16. The van der Waals surface area contributed by atoms with Crippen LogP contribution >= 0.6 is 24.8 Å². The zero-order valence-corrected chi connectivity index (χ0v) is 14.4. The molecule has 0 radical (unpaired) electrons. The van der Waals surface area contributed by atoms with Gasteiger partial charge < -0.3 is 15.2 Å². The second-order valence-electron chi connectivity index (χ2n) is 5.43. The number of carbonyl (C=O) groups is 1. The molecule has 0 bridgehead atoms. The zero-order chi connectivity index (χ0) is 14.5. The first-order valence-corrected chi connectivity index (χ1v) is 7.41. The number of hydrogen-bond donors (Lipinski definition) is 2. The van der Waals surface area contributed by atoms with E-state index in [1.807, 2.05) is 35.0 Å². The highest BCUT2D eigenvalue weighted by molar-refractivity contribution is 5.92. The minimum atomic E-state index is 0. The quantitative estimate of drug-likeness (QED) is 0.865. The number of halogens is 2. The van der Waals surface area contributed by atoms with Crippen molar-refractivity contribution in [2.45, 2.75) is 19.3 Å². The molecule has 3 rings (SSSR count). The Labute approximate surface area is 148 Å². The predicted octanol–water partition coefficient (Wildman–Crippen LogP) is 3.04. The molecule has 1 saturated heterocycles. The average molecular weight is 357 g/mol. The molecule has 1 atom stereocenters. The van der Waals surface area contributed by atoms with E-state index in [1.54, 1.807) is 12.5 Å². The van der Waals surface area contributed by atoms with E-state index >= 15 is 0 Å². The van der Waals surface area contributed by atoms with E-state index in [2.05, 4.69) is 15.6 Å². The van der Waals surface area contributed by atoms with E-state index in [1.165, 1.54) is 6.42 Å². The van der Waals surface area contributed by atoms with Crippen LogP contribution in [-0.2, 0) is 4.79 Å². The van der Waals surface area contributed by atoms with Gasteiger partial charge in [0.1, 0.15) is 0 Å². The largest absolute Gasteiger partial charge is 0.324 e. The van der Waals surface area contributed by atoms with Gasteiger partial charge in [-0.05, 0) is 44.0 Å². The van der Waals surface area contributed by atoms with Crippen LogP contribution in [0.5, 0.6) is 0 Å². The molecule has 1 aromatic carbocycles. The van der Waals surface area contributed by atoms with E-state index in [-0.39, 0.29) is 30.7 Å². The number of para-hydroxylation sites is 2. The normalized spacial score (nSPS) is 16.3. The maximum Gasteiger partial charge on any atom is 0.224 e. The molecule has 5 nitrogen and oxygen atoms in total. The number of amides is 1. The van der Waals surface area contributed by atoms with Gasteiger partial charge in [0.25, 0.3) is 0 Å². The summed E-state index contributed by atoms with van der Waals surface area (Å²) in [5.41, 5.74) is 1.76. The summed E-state index contributed by atoms with van der Waals surface area (Å²) in [6.07, 6.45) is 8.03. The maximum absolute atomic E-state index is 12.1. The summed E-state index contributed by atoms with van der Waals surface area (Å²) >= 11 is 0. The lowest BCUT2D eigenvalue weighted by atomic mass is 10.0. The molecule has 0 spiro atoms. The van der Waals surface area contributed by atoms with E-state index < -0.39 is 0 Å². The van der Waals surface area contributed by atoms with Crippen LogP contribution < -0.4 is 10.6 Å². The molecule has 0 aliphatic carbocycles. The monoisotopic (exact) mass is 356 g/mol.